The number of hydrogen-bond acceptors (Lipinski definition) is 7. The number of rotatable bonds is 9. The molecule has 8 heteroatoms. The summed E-state index contributed by atoms with van der Waals surface area (Å²) in [4.78, 5) is 13.6. The second kappa shape index (κ2) is 11.0. The maximum absolute atomic E-state index is 11.2. The predicted molar refractivity (Wildman–Crippen MR) is 126 cm³/mol. The van der Waals surface area contributed by atoms with Gasteiger partial charge in [-0.25, -0.2) is 0 Å². The fourth-order valence-corrected chi connectivity index (χ4v) is 3.94. The van der Waals surface area contributed by atoms with Gasteiger partial charge in [-0.2, -0.15) is 0 Å². The third-order valence-corrected chi connectivity index (χ3v) is 5.63. The molecule has 1 atom stereocenters. The van der Waals surface area contributed by atoms with E-state index in [1.807, 2.05) is 48.5 Å². The molecule has 1 aliphatic heterocycles. The number of aliphatic hydroxyl groups is 1. The molecule has 3 N–H and O–H groups in total. The molecule has 8 nitrogen and oxygen atoms in total. The number of esters is 1. The second-order valence-corrected chi connectivity index (χ2v) is 8.13. The normalized spacial score (nSPS) is 15.1. The summed E-state index contributed by atoms with van der Waals surface area (Å²) in [7, 11) is 0. The van der Waals surface area contributed by atoms with Crippen molar-refractivity contribution in [2.24, 2.45) is 0 Å². The minimum atomic E-state index is -0.913. The summed E-state index contributed by atoms with van der Waals surface area (Å²) < 4.78 is 10.9. The Hall–Kier alpha value is -3.36. The quantitative estimate of drug-likeness (QED) is 0.335. The van der Waals surface area contributed by atoms with Gasteiger partial charge in [0.25, 0.3) is 0 Å². The van der Waals surface area contributed by atoms with Crippen molar-refractivity contribution in [1.82, 2.24) is 15.1 Å². The van der Waals surface area contributed by atoms with Crippen molar-refractivity contribution >= 4 is 11.7 Å². The van der Waals surface area contributed by atoms with Gasteiger partial charge in [0, 0.05) is 36.3 Å². The molecule has 1 unspecified atom stereocenters. The van der Waals surface area contributed by atoms with Crippen LogP contribution in [0.2, 0.25) is 0 Å². The SMILES string of the molecule is CC(=O)Oc1cc(-c2ccccc2NC(O)c2ccc(OCCN3CCCCC3)cc2)[nH]n1. The van der Waals surface area contributed by atoms with E-state index in [1.165, 1.54) is 26.2 Å². The minimum absolute atomic E-state index is 0.198. The van der Waals surface area contributed by atoms with Gasteiger partial charge in [0.15, 0.2) is 6.23 Å². The van der Waals surface area contributed by atoms with Crippen LogP contribution in [0.3, 0.4) is 0 Å². The fraction of sp³-hybridized carbons (Fsp3) is 0.360. The van der Waals surface area contributed by atoms with Crippen molar-refractivity contribution in [3.8, 4) is 22.9 Å². The number of H-pyrrole nitrogens is 1. The van der Waals surface area contributed by atoms with Crippen molar-refractivity contribution in [1.29, 1.82) is 0 Å². The number of nitrogens with one attached hydrogen (secondary N) is 2. The Morgan fingerprint density at radius 3 is 2.67 bits per heavy atom. The van der Waals surface area contributed by atoms with Crippen LogP contribution in [0.25, 0.3) is 11.3 Å². The summed E-state index contributed by atoms with van der Waals surface area (Å²) in [6, 6.07) is 16.6. The summed E-state index contributed by atoms with van der Waals surface area (Å²) >= 11 is 0. The third kappa shape index (κ3) is 6.34. The number of likely N-dealkylation sites (tertiary alicyclic amines) is 1. The molecular formula is C25H30N4O4. The molecule has 1 fully saturated rings. The summed E-state index contributed by atoms with van der Waals surface area (Å²) in [5.74, 6) is 0.552. The van der Waals surface area contributed by atoms with Crippen molar-refractivity contribution in [3.05, 3.63) is 60.2 Å². The highest BCUT2D eigenvalue weighted by molar-refractivity contribution is 5.77. The van der Waals surface area contributed by atoms with Gasteiger partial charge in [0.2, 0.25) is 5.88 Å². The highest BCUT2D eigenvalue weighted by atomic mass is 16.5. The number of benzene rings is 2. The molecule has 3 aromatic rings. The highest BCUT2D eigenvalue weighted by Crippen LogP contribution is 2.31. The summed E-state index contributed by atoms with van der Waals surface area (Å²) in [5.41, 5.74) is 2.89. The molecule has 0 radical (unpaired) electrons. The van der Waals surface area contributed by atoms with Crippen LogP contribution in [0.1, 0.15) is 38.0 Å². The predicted octanol–water partition coefficient (Wildman–Crippen LogP) is 3.97. The van der Waals surface area contributed by atoms with E-state index in [0.29, 0.717) is 18.0 Å². The molecule has 2 heterocycles. The Balaban J connectivity index is 1.36. The first-order valence-corrected chi connectivity index (χ1v) is 11.3. The first-order valence-electron chi connectivity index (χ1n) is 11.3. The summed E-state index contributed by atoms with van der Waals surface area (Å²) in [6.07, 6.45) is 2.97. The lowest BCUT2D eigenvalue weighted by Crippen LogP contribution is -2.33. The molecule has 0 saturated carbocycles. The number of aromatic nitrogens is 2. The molecule has 33 heavy (non-hydrogen) atoms. The van der Waals surface area contributed by atoms with Gasteiger partial charge in [0.1, 0.15) is 12.4 Å². The maximum Gasteiger partial charge on any atom is 0.309 e. The standard InChI is InChI=1S/C25H30N4O4/c1-18(30)33-24-17-23(27-28-24)21-7-3-4-8-22(21)26-25(31)19-9-11-20(12-10-19)32-16-15-29-13-5-2-6-14-29/h3-4,7-12,17,25-26,31H,2,5-6,13-16H2,1H3,(H,27,28). The lowest BCUT2D eigenvalue weighted by Gasteiger charge is -2.26. The number of aliphatic hydroxyl groups excluding tert-OH is 1. The number of hydrogen-bond donors (Lipinski definition) is 3. The van der Waals surface area contributed by atoms with Crippen LogP contribution in [0, 0.1) is 0 Å². The van der Waals surface area contributed by atoms with Crippen LogP contribution in [0.5, 0.6) is 11.6 Å². The van der Waals surface area contributed by atoms with Gasteiger partial charge >= 0.3 is 5.97 Å². The van der Waals surface area contributed by atoms with E-state index in [2.05, 4.69) is 20.4 Å². The van der Waals surface area contributed by atoms with Crippen LogP contribution >= 0.6 is 0 Å². The topological polar surface area (TPSA) is 99.7 Å². The van der Waals surface area contributed by atoms with Crippen molar-refractivity contribution < 1.29 is 19.4 Å². The molecule has 2 aromatic carbocycles. The first-order chi connectivity index (χ1) is 16.1. The molecule has 0 spiro atoms. The molecule has 1 aromatic heterocycles. The van der Waals surface area contributed by atoms with Gasteiger partial charge in [-0.05, 0) is 44.1 Å². The molecule has 4 rings (SSSR count). The van der Waals surface area contributed by atoms with E-state index in [9.17, 15) is 9.90 Å². The van der Waals surface area contributed by atoms with Crippen molar-refractivity contribution in [3.63, 3.8) is 0 Å². The Bertz CT molecular complexity index is 1040. The van der Waals surface area contributed by atoms with Crippen LogP contribution in [-0.2, 0) is 4.79 Å². The number of ether oxygens (including phenoxy) is 2. The average molecular weight is 451 g/mol. The highest BCUT2D eigenvalue weighted by Gasteiger charge is 2.14. The van der Waals surface area contributed by atoms with E-state index in [0.717, 1.165) is 36.5 Å². The molecule has 0 amide bonds. The zero-order valence-corrected chi connectivity index (χ0v) is 18.8. The number of carbonyl (C=O) groups is 1. The molecule has 174 valence electrons. The van der Waals surface area contributed by atoms with E-state index in [4.69, 9.17) is 9.47 Å². The first kappa shape index (κ1) is 22.8. The van der Waals surface area contributed by atoms with Crippen molar-refractivity contribution in [2.45, 2.75) is 32.4 Å². The molecule has 0 aliphatic carbocycles. The molecule has 0 bridgehead atoms. The Labute approximate surface area is 193 Å². The maximum atomic E-state index is 11.2. The van der Waals surface area contributed by atoms with E-state index in [1.54, 1.807) is 6.07 Å². The Morgan fingerprint density at radius 1 is 1.15 bits per heavy atom. The van der Waals surface area contributed by atoms with Crippen LogP contribution in [0.15, 0.2) is 54.6 Å². The summed E-state index contributed by atoms with van der Waals surface area (Å²) in [5, 5.41) is 20.7. The van der Waals surface area contributed by atoms with Crippen molar-refractivity contribution in [2.75, 3.05) is 31.6 Å². The monoisotopic (exact) mass is 450 g/mol. The third-order valence-electron chi connectivity index (χ3n) is 5.63. The van der Waals surface area contributed by atoms with Crippen LogP contribution in [-0.4, -0.2) is 52.4 Å². The second-order valence-electron chi connectivity index (χ2n) is 8.13. The zero-order valence-electron chi connectivity index (χ0n) is 18.8. The van der Waals surface area contributed by atoms with E-state index in [-0.39, 0.29) is 5.88 Å². The van der Waals surface area contributed by atoms with Gasteiger partial charge in [-0.3, -0.25) is 14.8 Å². The average Bonchev–Trinajstić information content (AvgIpc) is 3.28. The molecule has 1 aliphatic rings. The molecule has 1 saturated heterocycles. The fourth-order valence-electron chi connectivity index (χ4n) is 3.94. The minimum Gasteiger partial charge on any atom is -0.492 e. The number of nitrogens with zero attached hydrogens (tertiary/aromatic N) is 2. The van der Waals surface area contributed by atoms with Gasteiger partial charge in [-0.15, -0.1) is 5.10 Å². The Morgan fingerprint density at radius 2 is 1.91 bits per heavy atom. The lowest BCUT2D eigenvalue weighted by atomic mass is 10.1. The zero-order chi connectivity index (χ0) is 23.0. The van der Waals surface area contributed by atoms with E-state index < -0.39 is 12.2 Å². The van der Waals surface area contributed by atoms with Crippen LogP contribution in [0.4, 0.5) is 5.69 Å². The molecular weight excluding hydrogens is 420 g/mol. The summed E-state index contributed by atoms with van der Waals surface area (Å²) in [6.45, 7) is 5.24. The van der Waals surface area contributed by atoms with Gasteiger partial charge in [-0.1, -0.05) is 36.8 Å². The number of aromatic amines is 1. The van der Waals surface area contributed by atoms with Gasteiger partial charge in [0.05, 0.1) is 5.69 Å². The number of para-hydroxylation sites is 1. The smallest absolute Gasteiger partial charge is 0.309 e. The van der Waals surface area contributed by atoms with E-state index >= 15 is 0 Å². The largest absolute Gasteiger partial charge is 0.492 e. The number of carbonyl (C=O) groups excluding carboxylic acids is 1. The number of piperidine rings is 1. The number of anilines is 1. The van der Waals surface area contributed by atoms with Crippen LogP contribution < -0.4 is 14.8 Å². The van der Waals surface area contributed by atoms with Gasteiger partial charge < -0.3 is 19.9 Å². The lowest BCUT2D eigenvalue weighted by molar-refractivity contribution is -0.132. The Kier molecular flexibility index (Phi) is 7.59.